The van der Waals surface area contributed by atoms with Gasteiger partial charge < -0.3 is 4.42 Å². The molecule has 0 bridgehead atoms. The zero-order valence-electron chi connectivity index (χ0n) is 14.9. The number of hydrogen-bond donors (Lipinski definition) is 0. The van der Waals surface area contributed by atoms with E-state index in [1.165, 1.54) is 6.07 Å². The largest absolute Gasteiger partial charge is 0.419 e. The smallest absolute Gasteiger partial charge is 0.248 e. The summed E-state index contributed by atoms with van der Waals surface area (Å²) in [4.78, 5) is 2.35. The van der Waals surface area contributed by atoms with E-state index in [1.54, 1.807) is 12.1 Å². The summed E-state index contributed by atoms with van der Waals surface area (Å²) < 4.78 is 20.1. The maximum absolute atomic E-state index is 13.3. The molecule has 1 aromatic heterocycles. The maximum atomic E-state index is 13.3. The van der Waals surface area contributed by atoms with E-state index in [1.807, 2.05) is 30.3 Å². The summed E-state index contributed by atoms with van der Waals surface area (Å²) in [7, 11) is 0. The molecule has 0 amide bonds. The van der Waals surface area contributed by atoms with Crippen LogP contribution in [0.1, 0.15) is 24.3 Å². The number of rotatable bonds is 5. The minimum Gasteiger partial charge on any atom is -0.419 e. The molecule has 140 valence electrons. The van der Waals surface area contributed by atoms with E-state index in [2.05, 4.69) is 31.0 Å². The lowest BCUT2D eigenvalue weighted by atomic mass is 9.90. The van der Waals surface area contributed by atoms with Crippen LogP contribution in [0.15, 0.2) is 57.4 Å². The van der Waals surface area contributed by atoms with Crippen LogP contribution in [0.5, 0.6) is 0 Å². The summed E-state index contributed by atoms with van der Waals surface area (Å²) in [5.41, 5.74) is 1.99. The van der Waals surface area contributed by atoms with Gasteiger partial charge in [-0.1, -0.05) is 24.3 Å². The van der Waals surface area contributed by atoms with Crippen molar-refractivity contribution in [1.29, 1.82) is 0 Å². The van der Waals surface area contributed by atoms with Gasteiger partial charge in [0, 0.05) is 4.47 Å². The maximum Gasteiger partial charge on any atom is 0.248 e. The predicted molar refractivity (Wildman–Crippen MR) is 106 cm³/mol. The van der Waals surface area contributed by atoms with E-state index in [4.69, 9.17) is 4.42 Å². The van der Waals surface area contributed by atoms with Gasteiger partial charge in [-0.05, 0) is 84.0 Å². The second-order valence-electron chi connectivity index (χ2n) is 7.03. The van der Waals surface area contributed by atoms with Crippen LogP contribution in [0.3, 0.4) is 0 Å². The third-order valence-corrected chi connectivity index (χ3v) is 5.74. The topological polar surface area (TPSA) is 42.2 Å². The molecule has 2 heterocycles. The highest BCUT2D eigenvalue weighted by atomic mass is 79.9. The number of aromatic nitrogens is 2. The minimum atomic E-state index is -0.151. The fourth-order valence-electron chi connectivity index (χ4n) is 3.60. The van der Waals surface area contributed by atoms with Gasteiger partial charge in [-0.15, -0.1) is 10.2 Å². The highest BCUT2D eigenvalue weighted by molar-refractivity contribution is 9.10. The summed E-state index contributed by atoms with van der Waals surface area (Å²) in [6, 6.07) is 14.8. The Labute approximate surface area is 166 Å². The molecule has 3 aromatic rings. The molecular weight excluding hydrogens is 409 g/mol. The Kier molecular flexibility index (Phi) is 5.64. The fourth-order valence-corrected chi connectivity index (χ4v) is 4.05. The Morgan fingerprint density at radius 2 is 1.89 bits per heavy atom. The highest BCUT2D eigenvalue weighted by Crippen LogP contribution is 2.27. The Hall–Kier alpha value is -2.05. The molecule has 27 heavy (non-hydrogen) atoms. The van der Waals surface area contributed by atoms with Crippen LogP contribution in [-0.2, 0) is 13.0 Å². The molecular formula is C21H21BrFN3O. The first-order valence-electron chi connectivity index (χ1n) is 9.21. The molecule has 2 aromatic carbocycles. The molecule has 0 N–H and O–H groups in total. The van der Waals surface area contributed by atoms with Gasteiger partial charge >= 0.3 is 0 Å². The second-order valence-corrected chi connectivity index (χ2v) is 7.89. The lowest BCUT2D eigenvalue weighted by molar-refractivity contribution is 0.164. The predicted octanol–water partition coefficient (Wildman–Crippen LogP) is 5.09. The molecule has 0 radical (unpaired) electrons. The Morgan fingerprint density at radius 3 is 2.67 bits per heavy atom. The molecule has 6 heteroatoms. The second kappa shape index (κ2) is 8.31. The number of likely N-dealkylation sites (tertiary alicyclic amines) is 1. The van der Waals surface area contributed by atoms with E-state index >= 15 is 0 Å². The molecule has 4 rings (SSSR count). The van der Waals surface area contributed by atoms with E-state index in [0.29, 0.717) is 24.2 Å². The number of nitrogens with zero attached hydrogens (tertiary/aromatic N) is 3. The van der Waals surface area contributed by atoms with Gasteiger partial charge in [-0.2, -0.15) is 0 Å². The zero-order chi connectivity index (χ0) is 18.6. The third kappa shape index (κ3) is 4.62. The summed E-state index contributed by atoms with van der Waals surface area (Å²) in [5.74, 6) is 1.63. The van der Waals surface area contributed by atoms with Crippen molar-refractivity contribution in [2.75, 3.05) is 13.1 Å². The molecule has 4 nitrogen and oxygen atoms in total. The number of piperidine rings is 1. The van der Waals surface area contributed by atoms with Crippen molar-refractivity contribution in [2.24, 2.45) is 5.92 Å². The lowest BCUT2D eigenvalue weighted by Gasteiger charge is -2.31. The van der Waals surface area contributed by atoms with E-state index < -0.39 is 0 Å². The first-order chi connectivity index (χ1) is 13.2. The van der Waals surface area contributed by atoms with Crippen molar-refractivity contribution in [3.05, 3.63) is 70.3 Å². The Bertz CT molecular complexity index is 906. The van der Waals surface area contributed by atoms with Crippen LogP contribution in [0, 0.1) is 11.7 Å². The average Bonchev–Trinajstić information content (AvgIpc) is 3.12. The SMILES string of the molecule is Fc1cccc(CC2CCN(Cc3nnc(-c4ccccc4Br)o3)CC2)c1. The first kappa shape index (κ1) is 18.3. The van der Waals surface area contributed by atoms with Crippen LogP contribution >= 0.6 is 15.9 Å². The summed E-state index contributed by atoms with van der Waals surface area (Å²) >= 11 is 3.52. The Balaban J connectivity index is 1.31. The van der Waals surface area contributed by atoms with Crippen molar-refractivity contribution in [3.8, 4) is 11.5 Å². The van der Waals surface area contributed by atoms with Crippen molar-refractivity contribution in [1.82, 2.24) is 15.1 Å². The van der Waals surface area contributed by atoms with Crippen LogP contribution < -0.4 is 0 Å². The van der Waals surface area contributed by atoms with Crippen LogP contribution in [-0.4, -0.2) is 28.2 Å². The molecule has 0 aliphatic carbocycles. The van der Waals surface area contributed by atoms with Crippen LogP contribution in [0.25, 0.3) is 11.5 Å². The van der Waals surface area contributed by atoms with E-state index in [-0.39, 0.29) is 5.82 Å². The normalized spacial score (nSPS) is 15.9. The molecule has 0 atom stereocenters. The fraction of sp³-hybridized carbons (Fsp3) is 0.333. The van der Waals surface area contributed by atoms with Gasteiger partial charge in [0.15, 0.2) is 0 Å². The van der Waals surface area contributed by atoms with Crippen molar-refractivity contribution in [2.45, 2.75) is 25.8 Å². The van der Waals surface area contributed by atoms with E-state index in [9.17, 15) is 4.39 Å². The monoisotopic (exact) mass is 429 g/mol. The summed E-state index contributed by atoms with van der Waals surface area (Å²) in [5, 5.41) is 8.39. The molecule has 1 saturated heterocycles. The van der Waals surface area contributed by atoms with Crippen molar-refractivity contribution in [3.63, 3.8) is 0 Å². The average molecular weight is 430 g/mol. The Morgan fingerprint density at radius 1 is 1.07 bits per heavy atom. The summed E-state index contributed by atoms with van der Waals surface area (Å²) in [6.07, 6.45) is 3.14. The minimum absolute atomic E-state index is 0.151. The van der Waals surface area contributed by atoms with Gasteiger partial charge in [0.1, 0.15) is 5.82 Å². The number of benzene rings is 2. The first-order valence-corrected chi connectivity index (χ1v) is 10.0. The van der Waals surface area contributed by atoms with Crippen molar-refractivity contribution < 1.29 is 8.81 Å². The third-order valence-electron chi connectivity index (χ3n) is 5.05. The highest BCUT2D eigenvalue weighted by Gasteiger charge is 2.21. The zero-order valence-corrected chi connectivity index (χ0v) is 16.5. The van der Waals surface area contributed by atoms with Gasteiger partial charge in [-0.25, -0.2) is 4.39 Å². The van der Waals surface area contributed by atoms with E-state index in [0.717, 1.165) is 48.0 Å². The van der Waals surface area contributed by atoms with Crippen molar-refractivity contribution >= 4 is 15.9 Å². The van der Waals surface area contributed by atoms with Crippen LogP contribution in [0.2, 0.25) is 0 Å². The molecule has 1 fully saturated rings. The molecule has 1 aliphatic rings. The van der Waals surface area contributed by atoms with Gasteiger partial charge in [0.2, 0.25) is 11.8 Å². The summed E-state index contributed by atoms with van der Waals surface area (Å²) in [6.45, 7) is 2.66. The molecule has 1 aliphatic heterocycles. The molecule has 0 spiro atoms. The van der Waals surface area contributed by atoms with Crippen LogP contribution in [0.4, 0.5) is 4.39 Å². The number of halogens is 2. The van der Waals surface area contributed by atoms with Gasteiger partial charge in [0.05, 0.1) is 12.1 Å². The lowest BCUT2D eigenvalue weighted by Crippen LogP contribution is -2.34. The number of hydrogen-bond acceptors (Lipinski definition) is 4. The standard InChI is InChI=1S/C21H21BrFN3O/c22-19-7-2-1-6-18(19)21-25-24-20(27-21)14-26-10-8-15(9-11-26)12-16-4-3-5-17(23)13-16/h1-7,13,15H,8-12,14H2. The molecule has 0 saturated carbocycles. The van der Waals surface area contributed by atoms with Gasteiger partial charge in [-0.3, -0.25) is 4.90 Å². The van der Waals surface area contributed by atoms with Gasteiger partial charge in [0.25, 0.3) is 0 Å². The quantitative estimate of drug-likeness (QED) is 0.566. The molecule has 0 unspecified atom stereocenters.